The summed E-state index contributed by atoms with van der Waals surface area (Å²) in [6, 6.07) is 11.0. The minimum Gasteiger partial charge on any atom is -0.370 e. The van der Waals surface area contributed by atoms with Gasteiger partial charge in [-0.15, -0.1) is 0 Å². The van der Waals surface area contributed by atoms with Gasteiger partial charge < -0.3 is 48.0 Å². The molecular formula is C38H51N13O6. The number of primary amides is 1. The summed E-state index contributed by atoms with van der Waals surface area (Å²) in [5, 5.41) is 14.4. The van der Waals surface area contributed by atoms with Crippen LogP contribution in [0, 0.1) is 5.92 Å². The summed E-state index contributed by atoms with van der Waals surface area (Å²) < 4.78 is 0. The molecule has 0 unspecified atom stereocenters. The highest BCUT2D eigenvalue weighted by molar-refractivity contribution is 5.97. The lowest BCUT2D eigenvalue weighted by Crippen LogP contribution is -2.59. The molecule has 0 radical (unpaired) electrons. The van der Waals surface area contributed by atoms with Crippen LogP contribution in [0.2, 0.25) is 0 Å². The van der Waals surface area contributed by atoms with E-state index >= 15 is 0 Å². The largest absolute Gasteiger partial charge is 0.370 e. The predicted octanol–water partition coefficient (Wildman–Crippen LogP) is -0.0109. The topological polar surface area (TPSA) is 295 Å². The second-order valence-electron chi connectivity index (χ2n) is 13.7. The highest BCUT2D eigenvalue weighted by Gasteiger charge is 2.30. The molecule has 0 aliphatic carbocycles. The first-order valence-corrected chi connectivity index (χ1v) is 18.4. The number of hydrogen-bond donors (Lipinski definition) is 11. The maximum Gasteiger partial charge on any atom is 0.334 e. The number of amides is 7. The van der Waals surface area contributed by atoms with Crippen LogP contribution in [0.15, 0.2) is 78.3 Å². The molecule has 0 aliphatic rings. The summed E-state index contributed by atoms with van der Waals surface area (Å²) in [5.41, 5.74) is 18.5. The van der Waals surface area contributed by atoms with Gasteiger partial charge in [-0.3, -0.25) is 34.4 Å². The van der Waals surface area contributed by atoms with Crippen molar-refractivity contribution in [1.82, 2.24) is 52.4 Å². The Labute approximate surface area is 329 Å². The second kappa shape index (κ2) is 21.2. The molecule has 0 saturated carbocycles. The average Bonchev–Trinajstić information content (AvgIpc) is 3.88. The standard InChI is InChI=1S/C38H51N13O6/c1-22(2)16-29(49-38(57)51-50-36(56)30(17-23-10-5-4-6-11-23)48-35(55)31-20-42-21-45-31)34(54)46-27(14-9-15-43-37(40)41-3)33(53)47-28(32(39)52)18-24-19-44-26-13-8-7-12-25(24)26/h4-8,10-13,19-22,27-30,44H,9,14-18H2,1-3H3,(H2,39,52)(H,42,45)(H,46,54)(H,47,53)(H,48,55)(H,50,56)(H3,40,41,43)(H2,49,51,57)/t27-,28-,29-,30-/m0/s1. The van der Waals surface area contributed by atoms with Gasteiger partial charge in [0, 0.05) is 43.5 Å². The van der Waals surface area contributed by atoms with Gasteiger partial charge in [-0.25, -0.2) is 15.2 Å². The molecule has 4 atom stereocenters. The maximum atomic E-state index is 13.8. The number of urea groups is 1. The first-order chi connectivity index (χ1) is 27.3. The van der Waals surface area contributed by atoms with Crippen molar-refractivity contribution in [2.45, 2.75) is 70.1 Å². The van der Waals surface area contributed by atoms with E-state index in [0.717, 1.165) is 22.0 Å². The number of benzene rings is 2. The molecule has 0 spiro atoms. The normalized spacial score (nSPS) is 13.4. The van der Waals surface area contributed by atoms with E-state index in [9.17, 15) is 28.8 Å². The Morgan fingerprint density at radius 1 is 0.772 bits per heavy atom. The number of rotatable bonds is 19. The van der Waals surface area contributed by atoms with Crippen LogP contribution in [0.1, 0.15) is 54.7 Å². The van der Waals surface area contributed by atoms with E-state index in [1.165, 1.54) is 19.6 Å². The van der Waals surface area contributed by atoms with Gasteiger partial charge in [0.1, 0.15) is 29.9 Å². The van der Waals surface area contributed by atoms with Gasteiger partial charge >= 0.3 is 6.03 Å². The van der Waals surface area contributed by atoms with Crippen LogP contribution >= 0.6 is 0 Å². The number of fused-ring (bicyclic) bond motifs is 1. The van der Waals surface area contributed by atoms with Crippen molar-refractivity contribution in [3.63, 3.8) is 0 Å². The lowest BCUT2D eigenvalue weighted by molar-refractivity contribution is -0.132. The van der Waals surface area contributed by atoms with Crippen molar-refractivity contribution in [1.29, 1.82) is 0 Å². The molecule has 0 aliphatic heterocycles. The van der Waals surface area contributed by atoms with Crippen molar-refractivity contribution in [3.05, 3.63) is 90.1 Å². The fourth-order valence-electron chi connectivity index (χ4n) is 5.94. The van der Waals surface area contributed by atoms with Gasteiger partial charge in [-0.05, 0) is 42.4 Å². The number of hydrazine groups is 1. The highest BCUT2D eigenvalue weighted by Crippen LogP contribution is 2.19. The zero-order chi connectivity index (χ0) is 41.3. The van der Waals surface area contributed by atoms with Gasteiger partial charge in [0.25, 0.3) is 11.8 Å². The lowest BCUT2D eigenvalue weighted by Gasteiger charge is -2.26. The van der Waals surface area contributed by atoms with Gasteiger partial charge in [0.2, 0.25) is 17.7 Å². The van der Waals surface area contributed by atoms with Gasteiger partial charge in [-0.2, -0.15) is 0 Å². The maximum absolute atomic E-state index is 13.8. The van der Waals surface area contributed by atoms with Crippen LogP contribution in [0.5, 0.6) is 0 Å². The molecule has 0 saturated heterocycles. The van der Waals surface area contributed by atoms with Gasteiger partial charge in [-0.1, -0.05) is 62.4 Å². The van der Waals surface area contributed by atoms with Crippen molar-refractivity contribution < 1.29 is 28.8 Å². The van der Waals surface area contributed by atoms with Crippen molar-refractivity contribution >= 4 is 52.4 Å². The predicted molar refractivity (Wildman–Crippen MR) is 213 cm³/mol. The van der Waals surface area contributed by atoms with Crippen molar-refractivity contribution in [2.24, 2.45) is 22.4 Å². The quantitative estimate of drug-likeness (QED) is 0.0263. The smallest absolute Gasteiger partial charge is 0.334 e. The molecular weight excluding hydrogens is 735 g/mol. The molecule has 4 aromatic rings. The van der Waals surface area contributed by atoms with Crippen LogP contribution in [-0.2, 0) is 32.0 Å². The molecule has 0 bridgehead atoms. The summed E-state index contributed by atoms with van der Waals surface area (Å²) in [6.07, 6.45) is 5.20. The number of nitrogens with zero attached hydrogens (tertiary/aromatic N) is 2. The molecule has 2 heterocycles. The number of hydrogen-bond acceptors (Lipinski definition) is 8. The number of para-hydroxylation sites is 1. The number of guanidine groups is 1. The zero-order valence-corrected chi connectivity index (χ0v) is 32.1. The number of aromatic amines is 2. The Balaban J connectivity index is 1.43. The molecule has 2 aromatic heterocycles. The third kappa shape index (κ3) is 13.4. The molecule has 19 nitrogen and oxygen atoms in total. The zero-order valence-electron chi connectivity index (χ0n) is 32.1. The Bertz CT molecular complexity index is 2000. The molecule has 57 heavy (non-hydrogen) atoms. The molecule has 0 fully saturated rings. The number of aliphatic imine (C=N–C) groups is 1. The monoisotopic (exact) mass is 785 g/mol. The second-order valence-corrected chi connectivity index (χ2v) is 13.7. The number of imidazole rings is 1. The van der Waals surface area contributed by atoms with Crippen LogP contribution in [0.25, 0.3) is 10.9 Å². The van der Waals surface area contributed by atoms with E-state index < -0.39 is 59.7 Å². The summed E-state index contributed by atoms with van der Waals surface area (Å²) in [4.78, 5) is 92.8. The highest BCUT2D eigenvalue weighted by atomic mass is 16.2. The van der Waals surface area contributed by atoms with Gasteiger partial charge in [0.05, 0.1) is 12.5 Å². The van der Waals surface area contributed by atoms with Crippen LogP contribution in [0.3, 0.4) is 0 Å². The Hall–Kier alpha value is -6.92. The van der Waals surface area contributed by atoms with Crippen LogP contribution in [-0.4, -0.2) is 94.2 Å². The molecule has 2 aromatic carbocycles. The SMILES string of the molecule is CN=C(N)NCCC[C@H](NC(=O)[C@H](CC(C)C)NC(=O)NNC(=O)[C@H](Cc1ccccc1)NC(=O)c1cnc[nH]1)C(=O)N[C@@H](Cc1c[nH]c2ccccc12)C(N)=O. The number of nitrogens with two attached hydrogens (primary N) is 2. The minimum atomic E-state index is -1.16. The molecule has 19 heteroatoms. The summed E-state index contributed by atoms with van der Waals surface area (Å²) >= 11 is 0. The molecule has 4 rings (SSSR count). The Morgan fingerprint density at radius 2 is 1.47 bits per heavy atom. The van der Waals surface area contributed by atoms with Crippen LogP contribution < -0.4 is 48.9 Å². The molecule has 304 valence electrons. The third-order valence-electron chi connectivity index (χ3n) is 8.88. The van der Waals surface area contributed by atoms with E-state index in [1.807, 2.05) is 44.2 Å². The Morgan fingerprint density at radius 3 is 2.16 bits per heavy atom. The van der Waals surface area contributed by atoms with E-state index in [-0.39, 0.29) is 43.3 Å². The van der Waals surface area contributed by atoms with E-state index in [4.69, 9.17) is 11.5 Å². The van der Waals surface area contributed by atoms with Gasteiger partial charge in [0.15, 0.2) is 5.96 Å². The lowest BCUT2D eigenvalue weighted by atomic mass is 10.0. The number of nitrogens with one attached hydrogen (secondary N) is 9. The fourth-order valence-corrected chi connectivity index (χ4v) is 5.94. The Kier molecular flexibility index (Phi) is 16.0. The van der Waals surface area contributed by atoms with Crippen molar-refractivity contribution in [2.75, 3.05) is 13.6 Å². The summed E-state index contributed by atoms with van der Waals surface area (Å²) in [7, 11) is 1.52. The average molecular weight is 786 g/mol. The summed E-state index contributed by atoms with van der Waals surface area (Å²) in [5.74, 6) is -3.33. The fraction of sp³-hybridized carbons (Fsp3) is 0.368. The molecule has 13 N–H and O–H groups in total. The first kappa shape index (κ1) is 42.8. The minimum absolute atomic E-state index is 0.0909. The number of carbonyl (C=O) groups is 6. The number of aromatic nitrogens is 3. The van der Waals surface area contributed by atoms with E-state index in [0.29, 0.717) is 13.0 Å². The number of carbonyl (C=O) groups excluding carboxylic acids is 6. The van der Waals surface area contributed by atoms with Crippen LogP contribution in [0.4, 0.5) is 4.79 Å². The first-order valence-electron chi connectivity index (χ1n) is 18.4. The number of H-pyrrole nitrogens is 2. The van der Waals surface area contributed by atoms with Crippen molar-refractivity contribution in [3.8, 4) is 0 Å². The third-order valence-corrected chi connectivity index (χ3v) is 8.88. The summed E-state index contributed by atoms with van der Waals surface area (Å²) in [6.45, 7) is 4.01. The van der Waals surface area contributed by atoms with E-state index in [1.54, 1.807) is 30.5 Å². The van der Waals surface area contributed by atoms with E-state index in [2.05, 4.69) is 57.4 Å². The molecule has 7 amide bonds.